The number of halogens is 1. The standard InChI is InChI=1S/C18H14ClN5O2S/c19-18-23-13(10-27-18)9-25-16-4-3-11(8-22-16)6-12-7-15(26-24-12)14-2-1-5-21-17(14)20/h1-5,7-8,10H,6,9H2,(H2,20,21). The third-order valence-corrected chi connectivity index (χ3v) is 4.76. The van der Waals surface area contributed by atoms with E-state index in [0.717, 1.165) is 22.5 Å². The van der Waals surface area contributed by atoms with E-state index >= 15 is 0 Å². The molecule has 4 rings (SSSR count). The van der Waals surface area contributed by atoms with E-state index in [1.165, 1.54) is 11.3 Å². The van der Waals surface area contributed by atoms with Gasteiger partial charge in [0, 0.05) is 36.3 Å². The van der Waals surface area contributed by atoms with Gasteiger partial charge >= 0.3 is 0 Å². The Balaban J connectivity index is 1.39. The SMILES string of the molecule is Nc1ncccc1-c1cc(Cc2ccc(OCc3csc(Cl)n3)nc2)no1. The normalized spacial score (nSPS) is 10.9. The van der Waals surface area contributed by atoms with Crippen molar-refractivity contribution in [3.63, 3.8) is 0 Å². The number of aromatic nitrogens is 4. The van der Waals surface area contributed by atoms with E-state index < -0.39 is 0 Å². The zero-order valence-corrected chi connectivity index (χ0v) is 15.6. The molecule has 0 spiro atoms. The molecule has 2 N–H and O–H groups in total. The molecule has 0 saturated carbocycles. The summed E-state index contributed by atoms with van der Waals surface area (Å²) in [5.74, 6) is 1.52. The van der Waals surface area contributed by atoms with Crippen LogP contribution in [0.15, 0.2) is 52.6 Å². The van der Waals surface area contributed by atoms with E-state index in [1.807, 2.05) is 29.6 Å². The predicted octanol–water partition coefficient (Wildman–Crippen LogP) is 3.99. The van der Waals surface area contributed by atoms with Crippen molar-refractivity contribution in [1.82, 2.24) is 20.1 Å². The number of ether oxygens (including phenoxy) is 1. The van der Waals surface area contributed by atoms with Crippen LogP contribution in [-0.2, 0) is 13.0 Å². The lowest BCUT2D eigenvalue weighted by atomic mass is 10.1. The van der Waals surface area contributed by atoms with Crippen molar-refractivity contribution in [2.45, 2.75) is 13.0 Å². The maximum absolute atomic E-state index is 5.87. The van der Waals surface area contributed by atoms with Gasteiger partial charge in [0.2, 0.25) is 5.88 Å². The lowest BCUT2D eigenvalue weighted by molar-refractivity contribution is 0.290. The molecule has 0 unspecified atom stereocenters. The summed E-state index contributed by atoms with van der Waals surface area (Å²) in [7, 11) is 0. The molecule has 0 saturated heterocycles. The molecule has 0 amide bonds. The molecule has 27 heavy (non-hydrogen) atoms. The Morgan fingerprint density at radius 2 is 2.11 bits per heavy atom. The van der Waals surface area contributed by atoms with Crippen molar-refractivity contribution >= 4 is 28.8 Å². The van der Waals surface area contributed by atoms with Crippen LogP contribution in [0.2, 0.25) is 4.47 Å². The van der Waals surface area contributed by atoms with Crippen molar-refractivity contribution in [2.75, 3.05) is 5.73 Å². The van der Waals surface area contributed by atoms with Crippen LogP contribution in [0.4, 0.5) is 5.82 Å². The number of nitrogen functional groups attached to an aromatic ring is 1. The molecule has 0 aliphatic rings. The Labute approximate surface area is 163 Å². The average molecular weight is 400 g/mol. The summed E-state index contributed by atoms with van der Waals surface area (Å²) in [6.07, 6.45) is 3.96. The highest BCUT2D eigenvalue weighted by Gasteiger charge is 2.11. The molecule has 136 valence electrons. The number of pyridine rings is 2. The van der Waals surface area contributed by atoms with Gasteiger partial charge in [-0.2, -0.15) is 0 Å². The third-order valence-electron chi connectivity index (χ3n) is 3.74. The topological polar surface area (TPSA) is 100.0 Å². The maximum atomic E-state index is 5.87. The summed E-state index contributed by atoms with van der Waals surface area (Å²) in [4.78, 5) is 12.5. The van der Waals surface area contributed by atoms with Gasteiger partial charge in [0.1, 0.15) is 12.4 Å². The zero-order valence-electron chi connectivity index (χ0n) is 14.0. The summed E-state index contributed by atoms with van der Waals surface area (Å²) >= 11 is 7.17. The minimum absolute atomic E-state index is 0.328. The minimum atomic E-state index is 0.328. The van der Waals surface area contributed by atoms with Crippen LogP contribution in [0, 0.1) is 0 Å². The Morgan fingerprint density at radius 3 is 2.85 bits per heavy atom. The molecule has 0 radical (unpaired) electrons. The van der Waals surface area contributed by atoms with Crippen molar-refractivity contribution in [3.05, 3.63) is 69.5 Å². The monoisotopic (exact) mass is 399 g/mol. The number of rotatable bonds is 6. The van der Waals surface area contributed by atoms with E-state index in [-0.39, 0.29) is 0 Å². The molecule has 4 aromatic rings. The van der Waals surface area contributed by atoms with Crippen molar-refractivity contribution in [1.29, 1.82) is 0 Å². The molecular formula is C18H14ClN5O2S. The molecule has 0 aromatic carbocycles. The fourth-order valence-corrected chi connectivity index (χ4v) is 3.22. The van der Waals surface area contributed by atoms with Crippen molar-refractivity contribution in [3.8, 4) is 17.2 Å². The number of thiazole rings is 1. The summed E-state index contributed by atoms with van der Waals surface area (Å²) in [5, 5.41) is 5.95. The molecule has 7 nitrogen and oxygen atoms in total. The quantitative estimate of drug-likeness (QED) is 0.523. The average Bonchev–Trinajstić information content (AvgIpc) is 3.30. The maximum Gasteiger partial charge on any atom is 0.213 e. The molecule has 0 atom stereocenters. The third kappa shape index (κ3) is 4.24. The van der Waals surface area contributed by atoms with Gasteiger partial charge in [0.15, 0.2) is 10.2 Å². The van der Waals surface area contributed by atoms with Gasteiger partial charge in [-0.25, -0.2) is 15.0 Å². The first-order valence-corrected chi connectivity index (χ1v) is 9.27. The van der Waals surface area contributed by atoms with Crippen LogP contribution >= 0.6 is 22.9 Å². The number of hydrogen-bond acceptors (Lipinski definition) is 8. The van der Waals surface area contributed by atoms with E-state index in [1.54, 1.807) is 18.5 Å². The van der Waals surface area contributed by atoms with Crippen LogP contribution in [-0.4, -0.2) is 20.1 Å². The molecule has 9 heteroatoms. The second-order valence-corrected chi connectivity index (χ2v) is 7.12. The first-order chi connectivity index (χ1) is 13.2. The highest BCUT2D eigenvalue weighted by atomic mass is 35.5. The molecule has 0 aliphatic carbocycles. The highest BCUT2D eigenvalue weighted by molar-refractivity contribution is 7.13. The number of anilines is 1. The predicted molar refractivity (Wildman–Crippen MR) is 103 cm³/mol. The van der Waals surface area contributed by atoms with E-state index in [9.17, 15) is 0 Å². The molecule has 0 bridgehead atoms. The lowest BCUT2D eigenvalue weighted by Gasteiger charge is -2.04. The summed E-state index contributed by atoms with van der Waals surface area (Å²) < 4.78 is 11.5. The Morgan fingerprint density at radius 1 is 1.19 bits per heavy atom. The van der Waals surface area contributed by atoms with Crippen molar-refractivity contribution in [2.24, 2.45) is 0 Å². The largest absolute Gasteiger partial charge is 0.471 e. The molecule has 4 aromatic heterocycles. The smallest absolute Gasteiger partial charge is 0.213 e. The summed E-state index contributed by atoms with van der Waals surface area (Å²) in [6.45, 7) is 0.328. The van der Waals surface area contributed by atoms with Crippen LogP contribution in [0.1, 0.15) is 17.0 Å². The van der Waals surface area contributed by atoms with E-state index in [2.05, 4.69) is 20.1 Å². The first-order valence-electron chi connectivity index (χ1n) is 8.01. The van der Waals surface area contributed by atoms with Gasteiger partial charge in [-0.3, -0.25) is 0 Å². The van der Waals surface area contributed by atoms with Crippen LogP contribution < -0.4 is 10.5 Å². The molecule has 4 heterocycles. The van der Waals surface area contributed by atoms with E-state index in [0.29, 0.717) is 35.0 Å². The Kier molecular flexibility index (Phi) is 4.99. The second kappa shape index (κ2) is 7.73. The lowest BCUT2D eigenvalue weighted by Crippen LogP contribution is -1.98. The van der Waals surface area contributed by atoms with Gasteiger partial charge in [-0.1, -0.05) is 22.8 Å². The summed E-state index contributed by atoms with van der Waals surface area (Å²) in [6, 6.07) is 9.24. The first kappa shape index (κ1) is 17.4. The van der Waals surface area contributed by atoms with Crippen LogP contribution in [0.3, 0.4) is 0 Å². The highest BCUT2D eigenvalue weighted by Crippen LogP contribution is 2.25. The number of nitrogens with two attached hydrogens (primary N) is 1. The molecule has 0 fully saturated rings. The molecular weight excluding hydrogens is 386 g/mol. The van der Waals surface area contributed by atoms with E-state index in [4.69, 9.17) is 26.6 Å². The number of hydrogen-bond donors (Lipinski definition) is 1. The zero-order chi connectivity index (χ0) is 18.6. The van der Waals surface area contributed by atoms with Gasteiger partial charge in [-0.05, 0) is 17.7 Å². The fraction of sp³-hybridized carbons (Fsp3) is 0.111. The van der Waals surface area contributed by atoms with Crippen molar-refractivity contribution < 1.29 is 9.26 Å². The molecule has 0 aliphatic heterocycles. The fourth-order valence-electron chi connectivity index (χ4n) is 2.45. The van der Waals surface area contributed by atoms with Gasteiger partial charge in [-0.15, -0.1) is 11.3 Å². The van der Waals surface area contributed by atoms with Gasteiger partial charge in [0.05, 0.1) is 17.0 Å². The Hall–Kier alpha value is -2.97. The summed E-state index contributed by atoms with van der Waals surface area (Å²) in [5.41, 5.74) is 9.13. The van der Waals surface area contributed by atoms with Crippen LogP contribution in [0.25, 0.3) is 11.3 Å². The van der Waals surface area contributed by atoms with Gasteiger partial charge in [0.25, 0.3) is 0 Å². The van der Waals surface area contributed by atoms with Crippen LogP contribution in [0.5, 0.6) is 5.88 Å². The number of nitrogens with zero attached hydrogens (tertiary/aromatic N) is 4. The van der Waals surface area contributed by atoms with Gasteiger partial charge < -0.3 is 15.0 Å². The Bertz CT molecular complexity index is 1050. The minimum Gasteiger partial charge on any atom is -0.471 e. The second-order valence-electron chi connectivity index (χ2n) is 5.68.